The average Bonchev–Trinajstić information content (AvgIpc) is 2.72. The van der Waals surface area contributed by atoms with E-state index in [0.717, 1.165) is 11.1 Å². The maximum absolute atomic E-state index is 12.6. The van der Waals surface area contributed by atoms with Gasteiger partial charge < -0.3 is 14.2 Å². The van der Waals surface area contributed by atoms with Gasteiger partial charge in [0.15, 0.2) is 5.92 Å². The number of esters is 3. The minimum absolute atomic E-state index is 0.00230. The van der Waals surface area contributed by atoms with Gasteiger partial charge in [0.25, 0.3) is 0 Å². The molecule has 0 amide bonds. The molecular formula is C22H24O6. The molecule has 0 N–H and O–H groups in total. The molecule has 2 rings (SSSR count). The molecule has 0 heterocycles. The van der Waals surface area contributed by atoms with Crippen LogP contribution < -0.4 is 0 Å². The van der Waals surface area contributed by atoms with E-state index in [1.54, 1.807) is 31.2 Å². The van der Waals surface area contributed by atoms with Crippen LogP contribution in [-0.4, -0.2) is 24.5 Å². The number of hydrogen-bond acceptors (Lipinski definition) is 6. The van der Waals surface area contributed by atoms with Crippen LogP contribution in [0.5, 0.6) is 0 Å². The van der Waals surface area contributed by atoms with E-state index in [1.165, 1.54) is 6.92 Å². The second-order valence-corrected chi connectivity index (χ2v) is 6.21. The van der Waals surface area contributed by atoms with E-state index in [0.29, 0.717) is 0 Å². The zero-order valence-corrected chi connectivity index (χ0v) is 16.0. The summed E-state index contributed by atoms with van der Waals surface area (Å²) in [6.07, 6.45) is 0. The monoisotopic (exact) mass is 384 g/mol. The SMILES string of the molecule is CCOC(=O)[C@@H](C)C(C(=O)OCc1ccccc1)C(=O)OCc1ccccc1. The van der Waals surface area contributed by atoms with Crippen LogP contribution >= 0.6 is 0 Å². The molecule has 0 aromatic heterocycles. The fraction of sp³-hybridized carbons (Fsp3) is 0.318. The number of carbonyl (C=O) groups excluding carboxylic acids is 3. The van der Waals surface area contributed by atoms with Gasteiger partial charge >= 0.3 is 17.9 Å². The topological polar surface area (TPSA) is 78.9 Å². The van der Waals surface area contributed by atoms with E-state index in [9.17, 15) is 14.4 Å². The first-order valence-corrected chi connectivity index (χ1v) is 9.10. The van der Waals surface area contributed by atoms with Crippen LogP contribution in [0.3, 0.4) is 0 Å². The molecule has 0 aliphatic rings. The van der Waals surface area contributed by atoms with Crippen molar-refractivity contribution in [1.82, 2.24) is 0 Å². The third kappa shape index (κ3) is 6.23. The quantitative estimate of drug-likeness (QED) is 0.375. The smallest absolute Gasteiger partial charge is 0.321 e. The van der Waals surface area contributed by atoms with Crippen LogP contribution in [0.1, 0.15) is 25.0 Å². The van der Waals surface area contributed by atoms with Crippen LogP contribution in [-0.2, 0) is 41.8 Å². The van der Waals surface area contributed by atoms with Gasteiger partial charge in [0.05, 0.1) is 12.5 Å². The molecular weight excluding hydrogens is 360 g/mol. The van der Waals surface area contributed by atoms with Crippen LogP contribution in [0.15, 0.2) is 60.7 Å². The molecule has 28 heavy (non-hydrogen) atoms. The highest BCUT2D eigenvalue weighted by atomic mass is 16.6. The predicted octanol–water partition coefficient (Wildman–Crippen LogP) is 3.29. The minimum atomic E-state index is -1.40. The average molecular weight is 384 g/mol. The Morgan fingerprint density at radius 1 is 0.714 bits per heavy atom. The lowest BCUT2D eigenvalue weighted by atomic mass is 9.94. The molecule has 0 unspecified atom stereocenters. The highest BCUT2D eigenvalue weighted by Gasteiger charge is 2.40. The molecule has 6 nitrogen and oxygen atoms in total. The van der Waals surface area contributed by atoms with Crippen LogP contribution in [0.25, 0.3) is 0 Å². The molecule has 0 aliphatic heterocycles. The van der Waals surface area contributed by atoms with Gasteiger partial charge in [0.1, 0.15) is 13.2 Å². The van der Waals surface area contributed by atoms with Crippen molar-refractivity contribution < 1.29 is 28.6 Å². The van der Waals surface area contributed by atoms with E-state index in [4.69, 9.17) is 14.2 Å². The van der Waals surface area contributed by atoms with Gasteiger partial charge in [-0.1, -0.05) is 67.6 Å². The van der Waals surface area contributed by atoms with Gasteiger partial charge in [0.2, 0.25) is 0 Å². The van der Waals surface area contributed by atoms with Crippen molar-refractivity contribution in [3.05, 3.63) is 71.8 Å². The zero-order chi connectivity index (χ0) is 20.4. The van der Waals surface area contributed by atoms with Crippen LogP contribution in [0.2, 0.25) is 0 Å². The van der Waals surface area contributed by atoms with Crippen molar-refractivity contribution in [3.63, 3.8) is 0 Å². The Hall–Kier alpha value is -3.15. The first-order chi connectivity index (χ1) is 13.5. The summed E-state index contributed by atoms with van der Waals surface area (Å²) in [5, 5.41) is 0. The summed E-state index contributed by atoms with van der Waals surface area (Å²) < 4.78 is 15.5. The number of hydrogen-bond donors (Lipinski definition) is 0. The Morgan fingerprint density at radius 3 is 1.54 bits per heavy atom. The lowest BCUT2D eigenvalue weighted by Crippen LogP contribution is -2.37. The predicted molar refractivity (Wildman–Crippen MR) is 102 cm³/mol. The Labute approximate surface area is 164 Å². The van der Waals surface area contributed by atoms with Crippen molar-refractivity contribution in [2.75, 3.05) is 6.61 Å². The lowest BCUT2D eigenvalue weighted by molar-refractivity contribution is -0.172. The summed E-state index contributed by atoms with van der Waals surface area (Å²) in [7, 11) is 0. The normalized spacial score (nSPS) is 11.5. The van der Waals surface area contributed by atoms with Crippen molar-refractivity contribution in [2.45, 2.75) is 27.1 Å². The van der Waals surface area contributed by atoms with Crippen molar-refractivity contribution in [1.29, 1.82) is 0 Å². The second-order valence-electron chi connectivity index (χ2n) is 6.21. The molecule has 148 valence electrons. The maximum Gasteiger partial charge on any atom is 0.321 e. The Bertz CT molecular complexity index is 717. The number of carbonyl (C=O) groups is 3. The van der Waals surface area contributed by atoms with Gasteiger partial charge in [-0.25, -0.2) is 0 Å². The summed E-state index contributed by atoms with van der Waals surface area (Å²) >= 11 is 0. The molecule has 0 radical (unpaired) electrons. The van der Waals surface area contributed by atoms with Crippen molar-refractivity contribution in [2.24, 2.45) is 11.8 Å². The number of rotatable bonds is 9. The highest BCUT2D eigenvalue weighted by molar-refractivity contribution is 5.99. The van der Waals surface area contributed by atoms with E-state index in [2.05, 4.69) is 0 Å². The molecule has 2 aromatic rings. The molecule has 0 saturated carbocycles. The first kappa shape index (κ1) is 21.2. The Kier molecular flexibility index (Phi) is 8.21. The zero-order valence-electron chi connectivity index (χ0n) is 16.0. The number of ether oxygens (including phenoxy) is 3. The molecule has 0 saturated heterocycles. The lowest BCUT2D eigenvalue weighted by Gasteiger charge is -2.20. The van der Waals surface area contributed by atoms with Crippen molar-refractivity contribution >= 4 is 17.9 Å². The molecule has 0 spiro atoms. The molecule has 2 aromatic carbocycles. The third-order valence-corrected chi connectivity index (χ3v) is 4.11. The largest absolute Gasteiger partial charge is 0.466 e. The maximum atomic E-state index is 12.6. The fourth-order valence-electron chi connectivity index (χ4n) is 2.55. The summed E-state index contributed by atoms with van der Waals surface area (Å²) in [5.74, 6) is -4.70. The molecule has 0 bridgehead atoms. The highest BCUT2D eigenvalue weighted by Crippen LogP contribution is 2.19. The summed E-state index contributed by atoms with van der Waals surface area (Å²) in [6.45, 7) is 3.25. The standard InChI is InChI=1S/C22H24O6/c1-3-26-20(23)16(2)19(21(24)27-14-17-10-6-4-7-11-17)22(25)28-15-18-12-8-5-9-13-18/h4-13,16,19H,3,14-15H2,1-2H3/t16-/m0/s1. The molecule has 1 atom stereocenters. The summed E-state index contributed by atoms with van der Waals surface area (Å²) in [6, 6.07) is 18.1. The van der Waals surface area contributed by atoms with Gasteiger partial charge in [0, 0.05) is 0 Å². The summed E-state index contributed by atoms with van der Waals surface area (Å²) in [4.78, 5) is 37.3. The summed E-state index contributed by atoms with van der Waals surface area (Å²) in [5.41, 5.74) is 1.55. The molecule has 6 heteroatoms. The molecule has 0 aliphatic carbocycles. The van der Waals surface area contributed by atoms with Crippen molar-refractivity contribution in [3.8, 4) is 0 Å². The fourth-order valence-corrected chi connectivity index (χ4v) is 2.55. The minimum Gasteiger partial charge on any atom is -0.466 e. The van der Waals surface area contributed by atoms with Gasteiger partial charge in [-0.05, 0) is 18.1 Å². The molecule has 0 fully saturated rings. The van der Waals surface area contributed by atoms with E-state index >= 15 is 0 Å². The van der Waals surface area contributed by atoms with Gasteiger partial charge in [-0.2, -0.15) is 0 Å². The van der Waals surface area contributed by atoms with Gasteiger partial charge in [-0.15, -0.1) is 0 Å². The van der Waals surface area contributed by atoms with E-state index in [1.807, 2.05) is 36.4 Å². The first-order valence-electron chi connectivity index (χ1n) is 9.10. The Balaban J connectivity index is 2.07. The third-order valence-electron chi connectivity index (χ3n) is 4.11. The number of benzene rings is 2. The van der Waals surface area contributed by atoms with Crippen LogP contribution in [0.4, 0.5) is 0 Å². The second kappa shape index (κ2) is 10.9. The van der Waals surface area contributed by atoms with E-state index in [-0.39, 0.29) is 19.8 Å². The van der Waals surface area contributed by atoms with Gasteiger partial charge in [-0.3, -0.25) is 14.4 Å². The Morgan fingerprint density at radius 2 is 1.14 bits per heavy atom. The van der Waals surface area contributed by atoms with E-state index < -0.39 is 29.7 Å². The van der Waals surface area contributed by atoms with Crippen LogP contribution in [0, 0.1) is 11.8 Å².